The van der Waals surface area contributed by atoms with Gasteiger partial charge < -0.3 is 23.7 Å². The molecule has 1 aromatic heterocycles. The van der Waals surface area contributed by atoms with E-state index in [0.29, 0.717) is 11.5 Å². The zero-order valence-corrected chi connectivity index (χ0v) is 33.0. The second kappa shape index (κ2) is 18.4. The maximum atomic E-state index is 15.1. The maximum Gasteiger partial charge on any atom is 0.409 e. The standard InChI is InChI=1S/C40H49N4O10P/c1-27(2)44(28(3)4)55(47,52-25-11-23-41)54-36-34(53-38(37(36)50-7)43-24-22-35(45)42-39(43)46)26-51-40(29-12-9-8-10-13-29,30-14-18-32(48-5)19-15-30)31-16-20-33(49-6)21-17-31/h8-10,12-22,24,27-28,34,36-38H,11,25-26H2,1-7H3,(H,42,45,46)/t34-,36-,37+,38-,55?/m1/s1. The van der Waals surface area contributed by atoms with Gasteiger partial charge in [0.25, 0.3) is 5.56 Å². The van der Waals surface area contributed by atoms with Gasteiger partial charge in [-0.2, -0.15) is 5.26 Å². The van der Waals surface area contributed by atoms with E-state index >= 15 is 4.57 Å². The Morgan fingerprint density at radius 2 is 1.42 bits per heavy atom. The van der Waals surface area contributed by atoms with Crippen LogP contribution < -0.4 is 20.7 Å². The summed E-state index contributed by atoms with van der Waals surface area (Å²) in [5.41, 5.74) is -0.296. The molecule has 294 valence electrons. The summed E-state index contributed by atoms with van der Waals surface area (Å²) in [6, 6.07) is 27.3. The third-order valence-electron chi connectivity index (χ3n) is 9.38. The Hall–Kier alpha value is -4.58. The van der Waals surface area contributed by atoms with Crippen molar-refractivity contribution in [2.45, 2.75) is 76.3 Å². The van der Waals surface area contributed by atoms with E-state index in [0.717, 1.165) is 16.7 Å². The van der Waals surface area contributed by atoms with Gasteiger partial charge in [-0.3, -0.25) is 23.4 Å². The summed E-state index contributed by atoms with van der Waals surface area (Å²) in [6.45, 7) is 7.11. The molecule has 14 nitrogen and oxygen atoms in total. The van der Waals surface area contributed by atoms with Gasteiger partial charge in [0, 0.05) is 31.5 Å². The number of aromatic nitrogens is 2. The van der Waals surface area contributed by atoms with Crippen molar-refractivity contribution in [1.82, 2.24) is 14.2 Å². The molecule has 5 rings (SSSR count). The minimum atomic E-state index is -4.21. The van der Waals surface area contributed by atoms with E-state index in [1.807, 2.05) is 113 Å². The second-order valence-electron chi connectivity index (χ2n) is 13.4. The predicted molar refractivity (Wildman–Crippen MR) is 205 cm³/mol. The highest BCUT2D eigenvalue weighted by Gasteiger charge is 2.53. The van der Waals surface area contributed by atoms with Crippen molar-refractivity contribution < 1.29 is 37.3 Å². The van der Waals surface area contributed by atoms with Crippen LogP contribution in [-0.2, 0) is 33.4 Å². The third kappa shape index (κ3) is 8.95. The maximum absolute atomic E-state index is 15.1. The van der Waals surface area contributed by atoms with E-state index in [1.165, 1.54) is 23.9 Å². The Bertz CT molecular complexity index is 1990. The average Bonchev–Trinajstić information content (AvgIpc) is 3.51. The number of hydrogen-bond acceptors (Lipinski definition) is 11. The first-order valence-corrected chi connectivity index (χ1v) is 19.5. The summed E-state index contributed by atoms with van der Waals surface area (Å²) in [5.74, 6) is 1.30. The highest BCUT2D eigenvalue weighted by molar-refractivity contribution is 7.51. The van der Waals surface area contributed by atoms with Gasteiger partial charge in [-0.05, 0) is 68.7 Å². The fraction of sp³-hybridized carbons (Fsp3) is 0.425. The van der Waals surface area contributed by atoms with Crippen LogP contribution in [0.3, 0.4) is 0 Å². The summed E-state index contributed by atoms with van der Waals surface area (Å²) in [7, 11) is 0.398. The molecule has 1 N–H and O–H groups in total. The number of rotatable bonds is 18. The van der Waals surface area contributed by atoms with Gasteiger partial charge in [0.15, 0.2) is 6.23 Å². The molecule has 5 atom stereocenters. The second-order valence-corrected chi connectivity index (χ2v) is 15.3. The molecule has 0 bridgehead atoms. The van der Waals surface area contributed by atoms with Gasteiger partial charge in [-0.15, -0.1) is 0 Å². The number of methoxy groups -OCH3 is 3. The lowest BCUT2D eigenvalue weighted by Crippen LogP contribution is -2.44. The number of benzene rings is 3. The zero-order valence-electron chi connectivity index (χ0n) is 32.1. The minimum Gasteiger partial charge on any atom is -0.497 e. The lowest BCUT2D eigenvalue weighted by molar-refractivity contribution is -0.0963. The molecule has 0 spiro atoms. The monoisotopic (exact) mass is 776 g/mol. The van der Waals surface area contributed by atoms with Crippen LogP contribution in [0.2, 0.25) is 0 Å². The van der Waals surface area contributed by atoms with Gasteiger partial charge in [-0.1, -0.05) is 54.6 Å². The molecular formula is C40H49N4O10P. The largest absolute Gasteiger partial charge is 0.497 e. The van der Waals surface area contributed by atoms with Crippen LogP contribution >= 0.6 is 7.75 Å². The van der Waals surface area contributed by atoms with Crippen molar-refractivity contribution in [3.05, 3.63) is 129 Å². The summed E-state index contributed by atoms with van der Waals surface area (Å²) in [6.07, 6.45) is -3.14. The number of nitrogens with zero attached hydrogens (tertiary/aromatic N) is 3. The fourth-order valence-corrected chi connectivity index (χ4v) is 9.35. The third-order valence-corrected chi connectivity index (χ3v) is 11.9. The molecule has 0 aliphatic carbocycles. The number of H-pyrrole nitrogens is 1. The van der Waals surface area contributed by atoms with E-state index in [2.05, 4.69) is 4.98 Å². The van der Waals surface area contributed by atoms with E-state index < -0.39 is 49.1 Å². The van der Waals surface area contributed by atoms with Crippen LogP contribution in [0.5, 0.6) is 11.5 Å². The molecule has 1 aliphatic rings. The molecule has 4 aromatic rings. The molecule has 0 amide bonds. The smallest absolute Gasteiger partial charge is 0.409 e. The molecule has 1 unspecified atom stereocenters. The van der Waals surface area contributed by atoms with Crippen LogP contribution in [0.4, 0.5) is 0 Å². The van der Waals surface area contributed by atoms with Crippen molar-refractivity contribution >= 4 is 7.75 Å². The van der Waals surface area contributed by atoms with Gasteiger partial charge >= 0.3 is 13.4 Å². The van der Waals surface area contributed by atoms with Gasteiger partial charge in [0.1, 0.15) is 35.4 Å². The molecular weight excluding hydrogens is 727 g/mol. The van der Waals surface area contributed by atoms with Crippen molar-refractivity contribution in [3.63, 3.8) is 0 Å². The number of ether oxygens (including phenoxy) is 5. The summed E-state index contributed by atoms with van der Waals surface area (Å²) < 4.78 is 61.2. The Kier molecular flexibility index (Phi) is 13.9. The molecule has 55 heavy (non-hydrogen) atoms. The Balaban J connectivity index is 1.67. The van der Waals surface area contributed by atoms with Crippen LogP contribution in [0.1, 0.15) is 57.0 Å². The molecule has 0 saturated carbocycles. The molecule has 15 heteroatoms. The topological polar surface area (TPSA) is 164 Å². The lowest BCUT2D eigenvalue weighted by Gasteiger charge is -2.39. The Labute approximate surface area is 321 Å². The van der Waals surface area contributed by atoms with Gasteiger partial charge in [0.2, 0.25) is 0 Å². The average molecular weight is 777 g/mol. The molecule has 3 aromatic carbocycles. The summed E-state index contributed by atoms with van der Waals surface area (Å²) >= 11 is 0. The van der Waals surface area contributed by atoms with Gasteiger partial charge in [0.05, 0.1) is 39.9 Å². The van der Waals surface area contributed by atoms with E-state index in [1.54, 1.807) is 18.9 Å². The van der Waals surface area contributed by atoms with Crippen LogP contribution in [0, 0.1) is 11.3 Å². The molecule has 1 aliphatic heterocycles. The van der Waals surface area contributed by atoms with E-state index in [4.69, 9.17) is 32.7 Å². The van der Waals surface area contributed by atoms with Gasteiger partial charge in [-0.25, -0.2) is 14.0 Å². The highest BCUT2D eigenvalue weighted by Crippen LogP contribution is 2.57. The van der Waals surface area contributed by atoms with E-state index in [-0.39, 0.29) is 31.7 Å². The first-order valence-electron chi connectivity index (χ1n) is 18.0. The number of hydrogen-bond donors (Lipinski definition) is 1. The van der Waals surface area contributed by atoms with Crippen LogP contribution in [0.15, 0.2) is 101 Å². The fourth-order valence-electron chi connectivity index (χ4n) is 7.03. The number of aromatic amines is 1. The predicted octanol–water partition coefficient (Wildman–Crippen LogP) is 6.02. The Morgan fingerprint density at radius 1 is 0.855 bits per heavy atom. The first kappa shape index (κ1) is 41.6. The van der Waals surface area contributed by atoms with Crippen molar-refractivity contribution in [3.8, 4) is 17.6 Å². The zero-order chi connectivity index (χ0) is 39.8. The minimum absolute atomic E-state index is 0.0302. The summed E-state index contributed by atoms with van der Waals surface area (Å²) in [5, 5.41) is 9.32. The van der Waals surface area contributed by atoms with Crippen molar-refractivity contribution in [2.75, 3.05) is 34.5 Å². The van der Waals surface area contributed by atoms with Crippen molar-refractivity contribution in [1.29, 1.82) is 5.26 Å². The summed E-state index contributed by atoms with van der Waals surface area (Å²) in [4.78, 5) is 27.5. The van der Waals surface area contributed by atoms with Crippen LogP contribution in [0.25, 0.3) is 0 Å². The Morgan fingerprint density at radius 3 is 1.91 bits per heavy atom. The quantitative estimate of drug-likeness (QED) is 0.0712. The lowest BCUT2D eigenvalue weighted by atomic mass is 9.80. The van der Waals surface area contributed by atoms with Crippen LogP contribution in [-0.4, -0.2) is 79.2 Å². The molecule has 1 fully saturated rings. The number of nitrogens with one attached hydrogen (secondary N) is 1. The van der Waals surface area contributed by atoms with E-state index in [9.17, 15) is 14.9 Å². The van der Waals surface area contributed by atoms with Crippen molar-refractivity contribution in [2.24, 2.45) is 0 Å². The SMILES string of the molecule is COc1ccc(C(OC[C@H]2O[C@@H](n3ccc(=O)[nH]c3=O)[C@@H](OC)[C@@H]2OP(=O)(OCCC#N)N(C(C)C)C(C)C)(c2ccccc2)c2ccc(OC)cc2)cc1. The normalized spacial score (nSPS) is 19.7. The highest BCUT2D eigenvalue weighted by atomic mass is 31.2. The first-order chi connectivity index (χ1) is 26.4. The molecule has 1 saturated heterocycles. The molecule has 0 radical (unpaired) electrons. The molecule has 2 heterocycles. The number of nitriles is 1.